The molecule has 0 bridgehead atoms. The van der Waals surface area contributed by atoms with Gasteiger partial charge in [-0.2, -0.15) is 20.2 Å². The van der Waals surface area contributed by atoms with Crippen LogP contribution in [0.5, 0.6) is 0 Å². The summed E-state index contributed by atoms with van der Waals surface area (Å²) in [6, 6.07) is 14.7. The number of benzene rings is 2. The number of halogens is 2. The number of hydrogen-bond donors (Lipinski definition) is 0. The number of nitriles is 1. The molecule has 0 amide bonds. The zero-order valence-electron chi connectivity index (χ0n) is 15.7. The van der Waals surface area contributed by atoms with Crippen molar-refractivity contribution in [2.75, 3.05) is 30.9 Å². The highest BCUT2D eigenvalue weighted by atomic mass is 35.5. The quantitative estimate of drug-likeness (QED) is 0.615. The van der Waals surface area contributed by atoms with Crippen LogP contribution >= 0.6 is 23.2 Å². The molecule has 0 unspecified atom stereocenters. The van der Waals surface area contributed by atoms with Crippen molar-refractivity contribution in [3.05, 3.63) is 69.5 Å². The van der Waals surface area contributed by atoms with Crippen LogP contribution < -0.4 is 9.80 Å². The van der Waals surface area contributed by atoms with Crippen molar-refractivity contribution < 1.29 is 0 Å². The Morgan fingerprint density at radius 3 is 2.07 bits per heavy atom. The monoisotopic (exact) mass is 412 g/mol. The second-order valence-corrected chi connectivity index (χ2v) is 7.16. The third-order valence-electron chi connectivity index (χ3n) is 4.14. The van der Waals surface area contributed by atoms with Gasteiger partial charge in [-0.3, -0.25) is 0 Å². The Morgan fingerprint density at radius 1 is 0.893 bits per heavy atom. The first-order valence-corrected chi connectivity index (χ1v) is 9.23. The fourth-order valence-corrected chi connectivity index (χ4v) is 3.09. The summed E-state index contributed by atoms with van der Waals surface area (Å²) in [6.07, 6.45) is 0.385. The molecule has 0 aliphatic rings. The van der Waals surface area contributed by atoms with Crippen LogP contribution in [0.1, 0.15) is 17.0 Å². The van der Waals surface area contributed by atoms with E-state index in [2.05, 4.69) is 21.0 Å². The van der Waals surface area contributed by atoms with Crippen LogP contribution in [0.3, 0.4) is 0 Å². The van der Waals surface area contributed by atoms with E-state index in [0.29, 0.717) is 39.8 Å². The van der Waals surface area contributed by atoms with Gasteiger partial charge in [0, 0.05) is 43.3 Å². The molecule has 1 aromatic heterocycles. The minimum atomic E-state index is 0.385. The second kappa shape index (κ2) is 8.42. The molecular formula is C20H18Cl2N6. The lowest BCUT2D eigenvalue weighted by atomic mass is 10.1. The van der Waals surface area contributed by atoms with Crippen LogP contribution in [0.2, 0.25) is 10.0 Å². The maximum absolute atomic E-state index is 8.98. The summed E-state index contributed by atoms with van der Waals surface area (Å²) in [7, 11) is 5.60. The van der Waals surface area contributed by atoms with Gasteiger partial charge in [-0.25, -0.2) is 0 Å². The maximum Gasteiger partial charge on any atom is 0.234 e. The van der Waals surface area contributed by atoms with Crippen molar-refractivity contribution in [3.63, 3.8) is 0 Å². The van der Waals surface area contributed by atoms with Gasteiger partial charge in [0.25, 0.3) is 0 Å². The van der Waals surface area contributed by atoms with Gasteiger partial charge in [-0.1, -0.05) is 29.3 Å². The van der Waals surface area contributed by atoms with Crippen molar-refractivity contribution in [3.8, 4) is 6.07 Å². The Kier molecular flexibility index (Phi) is 5.98. The van der Waals surface area contributed by atoms with E-state index in [9.17, 15) is 0 Å². The van der Waals surface area contributed by atoms with Crippen LogP contribution in [0.4, 0.5) is 17.6 Å². The molecule has 0 saturated carbocycles. The first kappa shape index (κ1) is 19.9. The summed E-state index contributed by atoms with van der Waals surface area (Å²) in [5.74, 6) is 1.58. The van der Waals surface area contributed by atoms with E-state index >= 15 is 0 Å². The summed E-state index contributed by atoms with van der Waals surface area (Å²) in [6.45, 7) is 0. The Balaban J connectivity index is 2.00. The first-order chi connectivity index (χ1) is 13.4. The molecule has 0 saturated heterocycles. The molecule has 142 valence electrons. The van der Waals surface area contributed by atoms with Gasteiger partial charge < -0.3 is 9.80 Å². The molecule has 28 heavy (non-hydrogen) atoms. The van der Waals surface area contributed by atoms with Gasteiger partial charge in [0.05, 0.1) is 11.6 Å². The summed E-state index contributed by atoms with van der Waals surface area (Å²) in [4.78, 5) is 17.3. The molecule has 6 nitrogen and oxygen atoms in total. The number of anilines is 3. The van der Waals surface area contributed by atoms with Gasteiger partial charge in [-0.05, 0) is 42.0 Å². The minimum absolute atomic E-state index is 0.385. The predicted molar refractivity (Wildman–Crippen MR) is 113 cm³/mol. The van der Waals surface area contributed by atoms with Gasteiger partial charge >= 0.3 is 0 Å². The van der Waals surface area contributed by atoms with Gasteiger partial charge in [0.15, 0.2) is 0 Å². The van der Waals surface area contributed by atoms with E-state index in [1.807, 2.05) is 43.1 Å². The molecule has 0 atom stereocenters. The Hall–Kier alpha value is -2.88. The molecule has 0 spiro atoms. The number of hydrogen-bond acceptors (Lipinski definition) is 6. The lowest BCUT2D eigenvalue weighted by Gasteiger charge is -2.20. The third-order valence-corrected chi connectivity index (χ3v) is 4.85. The lowest BCUT2D eigenvalue weighted by Crippen LogP contribution is -2.20. The van der Waals surface area contributed by atoms with Gasteiger partial charge in [0.1, 0.15) is 5.82 Å². The molecule has 2 aromatic carbocycles. The average molecular weight is 413 g/mol. The van der Waals surface area contributed by atoms with Crippen molar-refractivity contribution in [2.24, 2.45) is 0 Å². The van der Waals surface area contributed by atoms with E-state index in [4.69, 9.17) is 28.5 Å². The standard InChI is InChI=1S/C20H18Cl2N6/c1-27(2)19-24-18(11-15-16(21)5-4-6-17(15)22)25-20(26-19)28(3)14-9-7-13(12-23)8-10-14/h4-10H,11H2,1-3H3. The van der Waals surface area contributed by atoms with E-state index in [1.165, 1.54) is 0 Å². The largest absolute Gasteiger partial charge is 0.347 e. The Labute approximate surface area is 174 Å². The van der Waals surface area contributed by atoms with Gasteiger partial charge in [0.2, 0.25) is 11.9 Å². The van der Waals surface area contributed by atoms with Crippen LogP contribution in [0.25, 0.3) is 0 Å². The fourth-order valence-electron chi connectivity index (χ4n) is 2.56. The van der Waals surface area contributed by atoms with E-state index in [0.717, 1.165) is 11.3 Å². The molecule has 3 rings (SSSR count). The van der Waals surface area contributed by atoms with Gasteiger partial charge in [-0.15, -0.1) is 0 Å². The highest BCUT2D eigenvalue weighted by molar-refractivity contribution is 6.36. The number of nitrogens with zero attached hydrogens (tertiary/aromatic N) is 6. The molecule has 1 heterocycles. The molecule has 8 heteroatoms. The van der Waals surface area contributed by atoms with Crippen molar-refractivity contribution in [2.45, 2.75) is 6.42 Å². The van der Waals surface area contributed by atoms with Crippen LogP contribution in [-0.2, 0) is 6.42 Å². The minimum Gasteiger partial charge on any atom is -0.347 e. The molecule has 3 aromatic rings. The smallest absolute Gasteiger partial charge is 0.234 e. The van der Waals surface area contributed by atoms with Crippen molar-refractivity contribution in [1.29, 1.82) is 5.26 Å². The molecule has 0 N–H and O–H groups in total. The van der Waals surface area contributed by atoms with Crippen molar-refractivity contribution >= 4 is 40.8 Å². The first-order valence-electron chi connectivity index (χ1n) is 8.48. The zero-order chi connectivity index (χ0) is 20.3. The summed E-state index contributed by atoms with van der Waals surface area (Å²) < 4.78 is 0. The Bertz CT molecular complexity index is 1010. The van der Waals surface area contributed by atoms with Crippen LogP contribution in [0.15, 0.2) is 42.5 Å². The number of aromatic nitrogens is 3. The summed E-state index contributed by atoms with van der Waals surface area (Å²) in [5, 5.41) is 10.1. The highest BCUT2D eigenvalue weighted by Crippen LogP contribution is 2.27. The zero-order valence-corrected chi connectivity index (χ0v) is 17.2. The molecule has 0 aliphatic carbocycles. The molecular weight excluding hydrogens is 395 g/mol. The van der Waals surface area contributed by atoms with E-state index in [1.54, 1.807) is 30.3 Å². The number of rotatable bonds is 5. The molecule has 0 fully saturated rings. The summed E-state index contributed by atoms with van der Waals surface area (Å²) in [5.41, 5.74) is 2.22. The van der Waals surface area contributed by atoms with Crippen LogP contribution in [-0.4, -0.2) is 36.1 Å². The topological polar surface area (TPSA) is 68.9 Å². The molecule has 0 radical (unpaired) electrons. The summed E-state index contributed by atoms with van der Waals surface area (Å²) >= 11 is 12.6. The van der Waals surface area contributed by atoms with Crippen molar-refractivity contribution in [1.82, 2.24) is 15.0 Å². The molecule has 0 aliphatic heterocycles. The van der Waals surface area contributed by atoms with E-state index < -0.39 is 0 Å². The second-order valence-electron chi connectivity index (χ2n) is 6.34. The maximum atomic E-state index is 8.98. The SMILES string of the molecule is CN(C)c1nc(Cc2c(Cl)cccc2Cl)nc(N(C)c2ccc(C#N)cc2)n1. The third kappa shape index (κ3) is 4.33. The average Bonchev–Trinajstić information content (AvgIpc) is 2.70. The normalized spacial score (nSPS) is 10.4. The lowest BCUT2D eigenvalue weighted by molar-refractivity contribution is 0.868. The van der Waals surface area contributed by atoms with E-state index in [-0.39, 0.29) is 0 Å². The van der Waals surface area contributed by atoms with Crippen LogP contribution in [0, 0.1) is 11.3 Å². The predicted octanol–water partition coefficient (Wildman–Crippen LogP) is 4.47. The fraction of sp³-hybridized carbons (Fsp3) is 0.200. The Morgan fingerprint density at radius 2 is 1.50 bits per heavy atom. The highest BCUT2D eigenvalue weighted by Gasteiger charge is 2.15.